The molecule has 0 unspecified atom stereocenters. The predicted octanol–water partition coefficient (Wildman–Crippen LogP) is 0.572. The molecule has 0 N–H and O–H groups in total. The third-order valence-corrected chi connectivity index (χ3v) is 2.95. The summed E-state index contributed by atoms with van der Waals surface area (Å²) in [4.78, 5) is 0. The van der Waals surface area contributed by atoms with Gasteiger partial charge in [-0.15, -0.1) is 10.3 Å². The smallest absolute Gasteiger partial charge is 0.221 e. The molecule has 0 heterocycles. The molecule has 0 bridgehead atoms. The normalized spacial score (nSPS) is 15.6. The molecule has 0 aromatic heterocycles. The third kappa shape index (κ3) is 8.26. The monoisotopic (exact) mass is 172 g/mol. The lowest BCUT2D eigenvalue weighted by Gasteiger charge is -2.22. The Balaban J connectivity index is 4.07. The van der Waals surface area contributed by atoms with E-state index in [1.807, 2.05) is 0 Å². The molecule has 0 radical (unpaired) electrons. The van der Waals surface area contributed by atoms with Gasteiger partial charge in [0.1, 0.15) is 0 Å². The first-order chi connectivity index (χ1) is 3.71. The molecule has 0 saturated heterocycles. The van der Waals surface area contributed by atoms with Crippen LogP contribution >= 0.6 is 10.3 Å². The van der Waals surface area contributed by atoms with E-state index in [0.29, 0.717) is 0 Å². The zero-order valence-electron chi connectivity index (χ0n) is 6.04. The topological polar surface area (TPSA) is 43.4 Å². The van der Waals surface area contributed by atoms with Crippen molar-refractivity contribution in [3.8, 4) is 0 Å². The minimum absolute atomic E-state index is 1.06. The van der Waals surface area contributed by atoms with Gasteiger partial charge in [-0.25, -0.2) is 3.63 Å². The quantitative estimate of drug-likeness (QED) is 0.611. The van der Waals surface area contributed by atoms with Crippen molar-refractivity contribution in [3.63, 3.8) is 0 Å². The van der Waals surface area contributed by atoms with Crippen LogP contribution in [0.15, 0.2) is 0 Å². The Morgan fingerprint density at radius 2 is 1.33 bits per heavy atom. The minimum Gasteiger partial charge on any atom is -0.221 e. The molecule has 0 aromatic carbocycles. The Bertz CT molecular complexity index is 174. The lowest BCUT2D eigenvalue weighted by molar-refractivity contribution is 0.520. The molecular formula is C4H12O3S2. The van der Waals surface area contributed by atoms with Crippen LogP contribution in [-0.4, -0.2) is 33.4 Å². The molecule has 0 rings (SSSR count). The summed E-state index contributed by atoms with van der Waals surface area (Å²) in [6, 6.07) is 0. The van der Waals surface area contributed by atoms with Crippen LogP contribution in [0.4, 0.5) is 0 Å². The molecular weight excluding hydrogens is 160 g/mol. The average molecular weight is 172 g/mol. The van der Waals surface area contributed by atoms with Crippen molar-refractivity contribution in [2.75, 3.05) is 25.0 Å². The fourth-order valence-corrected chi connectivity index (χ4v) is 3.34. The van der Waals surface area contributed by atoms with Crippen LogP contribution in [0.2, 0.25) is 0 Å². The molecule has 9 heavy (non-hydrogen) atoms. The Kier molecular flexibility index (Phi) is 2.55. The van der Waals surface area contributed by atoms with Crippen LogP contribution in [0.25, 0.3) is 0 Å². The Hall–Kier alpha value is 0.260. The first-order valence-corrected chi connectivity index (χ1v) is 6.90. The summed E-state index contributed by atoms with van der Waals surface area (Å²) in [6.45, 7) is 0. The summed E-state index contributed by atoms with van der Waals surface area (Å²) in [6.07, 6.45) is 6.38. The maximum Gasteiger partial charge on any atom is 0.273 e. The van der Waals surface area contributed by atoms with Crippen molar-refractivity contribution in [1.29, 1.82) is 0 Å². The number of hydrogen-bond donors (Lipinski definition) is 0. The second-order valence-electron chi connectivity index (χ2n) is 2.50. The fourth-order valence-electron chi connectivity index (χ4n) is 0.371. The first-order valence-electron chi connectivity index (χ1n) is 2.30. The van der Waals surface area contributed by atoms with Crippen LogP contribution in [-0.2, 0) is 13.7 Å². The SMILES string of the molecule is CS(C)(C)OS(C)(=O)=O. The lowest BCUT2D eigenvalue weighted by Crippen LogP contribution is -2.06. The van der Waals surface area contributed by atoms with E-state index in [0.717, 1.165) is 6.26 Å². The van der Waals surface area contributed by atoms with Crippen LogP contribution in [0.3, 0.4) is 0 Å². The van der Waals surface area contributed by atoms with Crippen molar-refractivity contribution in [3.05, 3.63) is 0 Å². The van der Waals surface area contributed by atoms with Crippen LogP contribution in [0, 0.1) is 0 Å². The Morgan fingerprint density at radius 1 is 1.00 bits per heavy atom. The van der Waals surface area contributed by atoms with E-state index < -0.39 is 20.4 Å². The predicted molar refractivity (Wildman–Crippen MR) is 41.3 cm³/mol. The molecule has 5 heteroatoms. The molecule has 0 spiro atoms. The van der Waals surface area contributed by atoms with Gasteiger partial charge < -0.3 is 0 Å². The van der Waals surface area contributed by atoms with Crippen LogP contribution < -0.4 is 0 Å². The van der Waals surface area contributed by atoms with Crippen molar-refractivity contribution < 1.29 is 12.0 Å². The van der Waals surface area contributed by atoms with Gasteiger partial charge >= 0.3 is 0 Å². The van der Waals surface area contributed by atoms with E-state index in [4.69, 9.17) is 0 Å². The van der Waals surface area contributed by atoms with Crippen molar-refractivity contribution >= 4 is 20.4 Å². The molecule has 0 saturated carbocycles. The summed E-state index contributed by atoms with van der Waals surface area (Å²) in [5.74, 6) is 0. The largest absolute Gasteiger partial charge is 0.273 e. The van der Waals surface area contributed by atoms with Gasteiger partial charge in [-0.3, -0.25) is 0 Å². The zero-order valence-corrected chi connectivity index (χ0v) is 7.67. The van der Waals surface area contributed by atoms with Gasteiger partial charge in [-0.1, -0.05) is 0 Å². The molecule has 0 aliphatic rings. The summed E-state index contributed by atoms with van der Waals surface area (Å²) >= 11 is 0. The summed E-state index contributed by atoms with van der Waals surface area (Å²) in [7, 11) is -4.61. The van der Waals surface area contributed by atoms with Crippen molar-refractivity contribution in [1.82, 2.24) is 0 Å². The first kappa shape index (κ1) is 9.26. The van der Waals surface area contributed by atoms with Gasteiger partial charge in [0.25, 0.3) is 10.1 Å². The van der Waals surface area contributed by atoms with Gasteiger partial charge in [0.2, 0.25) is 0 Å². The van der Waals surface area contributed by atoms with E-state index in [9.17, 15) is 8.42 Å². The zero-order chi connectivity index (χ0) is 7.71. The molecule has 0 aliphatic carbocycles. The molecule has 0 atom stereocenters. The highest BCUT2D eigenvalue weighted by atomic mass is 32.3. The maximum atomic E-state index is 10.4. The Labute approximate surface area is 58.1 Å². The van der Waals surface area contributed by atoms with E-state index in [-0.39, 0.29) is 0 Å². The van der Waals surface area contributed by atoms with E-state index in [1.54, 1.807) is 18.8 Å². The van der Waals surface area contributed by atoms with Gasteiger partial charge in [0, 0.05) is 0 Å². The van der Waals surface area contributed by atoms with Crippen LogP contribution in [0.5, 0.6) is 0 Å². The van der Waals surface area contributed by atoms with Crippen LogP contribution in [0.1, 0.15) is 0 Å². The second-order valence-corrected chi connectivity index (χ2v) is 7.90. The highest BCUT2D eigenvalue weighted by Crippen LogP contribution is 2.37. The van der Waals surface area contributed by atoms with Gasteiger partial charge in [0.15, 0.2) is 0 Å². The molecule has 0 fully saturated rings. The molecule has 0 aromatic rings. The highest BCUT2D eigenvalue weighted by molar-refractivity contribution is 8.31. The van der Waals surface area contributed by atoms with Gasteiger partial charge in [0.05, 0.1) is 6.26 Å². The molecule has 0 aliphatic heterocycles. The van der Waals surface area contributed by atoms with E-state index in [1.165, 1.54) is 0 Å². The van der Waals surface area contributed by atoms with Crippen molar-refractivity contribution in [2.24, 2.45) is 0 Å². The highest BCUT2D eigenvalue weighted by Gasteiger charge is 2.11. The summed E-state index contributed by atoms with van der Waals surface area (Å²) in [5, 5.41) is 0. The lowest BCUT2D eigenvalue weighted by atomic mass is 11.9. The Morgan fingerprint density at radius 3 is 1.33 bits per heavy atom. The summed E-state index contributed by atoms with van der Waals surface area (Å²) < 4.78 is 25.6. The van der Waals surface area contributed by atoms with E-state index >= 15 is 0 Å². The van der Waals surface area contributed by atoms with Crippen molar-refractivity contribution in [2.45, 2.75) is 0 Å². The van der Waals surface area contributed by atoms with Gasteiger partial charge in [-0.2, -0.15) is 8.42 Å². The minimum atomic E-state index is -3.24. The third-order valence-electron chi connectivity index (χ3n) is 0.328. The summed E-state index contributed by atoms with van der Waals surface area (Å²) in [5.41, 5.74) is 0. The van der Waals surface area contributed by atoms with Gasteiger partial charge in [-0.05, 0) is 18.8 Å². The number of rotatable bonds is 2. The maximum absolute atomic E-state index is 10.4. The van der Waals surface area contributed by atoms with E-state index in [2.05, 4.69) is 3.63 Å². The average Bonchev–Trinajstić information content (AvgIpc) is 1.14. The molecule has 0 amide bonds. The molecule has 58 valence electrons. The number of hydrogen-bond acceptors (Lipinski definition) is 3. The standard InChI is InChI=1S/C4H12O3S2/c1-8(2,3)7-9(4,5)6/h1-4H3. The fraction of sp³-hybridized carbons (Fsp3) is 1.00. The second kappa shape index (κ2) is 2.48. The molecule has 3 nitrogen and oxygen atoms in total.